The average molecular weight is 282 g/mol. The molecule has 19 heavy (non-hydrogen) atoms. The summed E-state index contributed by atoms with van der Waals surface area (Å²) in [6.07, 6.45) is 3.66. The highest BCUT2D eigenvalue weighted by Crippen LogP contribution is 2.08. The Morgan fingerprint density at radius 3 is 2.74 bits per heavy atom. The number of nitrogens with two attached hydrogens (primary N) is 1. The Morgan fingerprint density at radius 2 is 2.11 bits per heavy atom. The molecule has 0 bridgehead atoms. The normalized spacial score (nSPS) is 11.4. The molecule has 2 aromatic rings. The van der Waals surface area contributed by atoms with Crippen LogP contribution in [0.1, 0.15) is 5.69 Å². The zero-order valence-electron chi connectivity index (χ0n) is 10.3. The van der Waals surface area contributed by atoms with Gasteiger partial charge in [-0.15, -0.1) is 12.4 Å². The monoisotopic (exact) mass is 281 g/mol. The van der Waals surface area contributed by atoms with Crippen LogP contribution in [0.15, 0.2) is 42.9 Å². The van der Waals surface area contributed by atoms with E-state index in [1.807, 2.05) is 18.2 Å². The van der Waals surface area contributed by atoms with E-state index < -0.39 is 6.04 Å². The van der Waals surface area contributed by atoms with E-state index >= 15 is 0 Å². The van der Waals surface area contributed by atoms with E-state index in [2.05, 4.69) is 9.97 Å². The van der Waals surface area contributed by atoms with Crippen molar-refractivity contribution in [3.8, 4) is 5.75 Å². The van der Waals surface area contributed by atoms with Crippen molar-refractivity contribution in [1.29, 1.82) is 0 Å². The second kappa shape index (κ2) is 7.56. The van der Waals surface area contributed by atoms with Gasteiger partial charge in [0.15, 0.2) is 5.78 Å². The standard InChI is InChI=1S/C13H15N3O2.ClH/c14-12(6-10-7-15-9-16-10)13(17)8-18-11-4-2-1-3-5-11;/h1-5,7,9,12H,6,8,14H2,(H,15,16);1H/t12-;/m0./s1. The van der Waals surface area contributed by atoms with Gasteiger partial charge in [-0.25, -0.2) is 4.98 Å². The smallest absolute Gasteiger partial charge is 0.187 e. The zero-order valence-corrected chi connectivity index (χ0v) is 11.1. The first-order chi connectivity index (χ1) is 8.75. The number of imidazole rings is 1. The van der Waals surface area contributed by atoms with Gasteiger partial charge >= 0.3 is 0 Å². The van der Waals surface area contributed by atoms with Gasteiger partial charge in [0.1, 0.15) is 12.4 Å². The maximum atomic E-state index is 11.8. The third kappa shape index (κ3) is 4.73. The first kappa shape index (κ1) is 15.2. The topological polar surface area (TPSA) is 81.0 Å². The number of carbonyl (C=O) groups is 1. The van der Waals surface area contributed by atoms with Crippen LogP contribution in [0, 0.1) is 0 Å². The highest BCUT2D eigenvalue weighted by molar-refractivity contribution is 5.85. The van der Waals surface area contributed by atoms with E-state index in [9.17, 15) is 4.79 Å². The van der Waals surface area contributed by atoms with Gasteiger partial charge in [0.25, 0.3) is 0 Å². The minimum atomic E-state index is -0.575. The van der Waals surface area contributed by atoms with E-state index in [1.165, 1.54) is 0 Å². The zero-order chi connectivity index (χ0) is 12.8. The van der Waals surface area contributed by atoms with Gasteiger partial charge in [0, 0.05) is 18.3 Å². The molecule has 0 aliphatic carbocycles. The van der Waals surface area contributed by atoms with Gasteiger partial charge in [-0.05, 0) is 12.1 Å². The number of nitrogens with one attached hydrogen (secondary N) is 1. The van der Waals surface area contributed by atoms with Crippen molar-refractivity contribution >= 4 is 18.2 Å². The first-order valence-corrected chi connectivity index (χ1v) is 5.69. The molecular weight excluding hydrogens is 266 g/mol. The van der Waals surface area contributed by atoms with Crippen molar-refractivity contribution in [1.82, 2.24) is 9.97 Å². The number of hydrogen-bond donors (Lipinski definition) is 2. The van der Waals surface area contributed by atoms with Crippen LogP contribution in [0.25, 0.3) is 0 Å². The lowest BCUT2D eigenvalue weighted by Gasteiger charge is -2.10. The highest BCUT2D eigenvalue weighted by Gasteiger charge is 2.15. The Balaban J connectivity index is 0.00000180. The molecule has 5 nitrogen and oxygen atoms in total. The maximum absolute atomic E-state index is 11.8. The molecule has 6 heteroatoms. The molecule has 0 spiro atoms. The molecule has 0 unspecified atom stereocenters. The molecule has 0 saturated heterocycles. The summed E-state index contributed by atoms with van der Waals surface area (Å²) < 4.78 is 5.35. The van der Waals surface area contributed by atoms with Gasteiger partial charge in [-0.2, -0.15) is 0 Å². The number of carbonyl (C=O) groups excluding carboxylic acids is 1. The van der Waals surface area contributed by atoms with E-state index in [1.54, 1.807) is 24.7 Å². The summed E-state index contributed by atoms with van der Waals surface area (Å²) in [7, 11) is 0. The summed E-state index contributed by atoms with van der Waals surface area (Å²) in [6, 6.07) is 8.61. The Bertz CT molecular complexity index is 488. The molecule has 1 aromatic heterocycles. The van der Waals surface area contributed by atoms with Crippen LogP contribution in [0.5, 0.6) is 5.75 Å². The number of hydrogen-bond acceptors (Lipinski definition) is 4. The van der Waals surface area contributed by atoms with Crippen LogP contribution >= 0.6 is 12.4 Å². The van der Waals surface area contributed by atoms with E-state index in [4.69, 9.17) is 10.5 Å². The summed E-state index contributed by atoms with van der Waals surface area (Å²) in [5, 5.41) is 0. The van der Waals surface area contributed by atoms with Crippen LogP contribution in [-0.2, 0) is 11.2 Å². The Kier molecular flexibility index (Phi) is 6.05. The lowest BCUT2D eigenvalue weighted by molar-refractivity contribution is -0.122. The van der Waals surface area contributed by atoms with Crippen LogP contribution in [-0.4, -0.2) is 28.4 Å². The minimum absolute atomic E-state index is 0. The number of rotatable bonds is 6. The van der Waals surface area contributed by atoms with Crippen LogP contribution in [0.4, 0.5) is 0 Å². The van der Waals surface area contributed by atoms with Gasteiger partial charge in [-0.1, -0.05) is 18.2 Å². The summed E-state index contributed by atoms with van der Waals surface area (Å²) >= 11 is 0. The van der Waals surface area contributed by atoms with Crippen LogP contribution in [0.3, 0.4) is 0 Å². The first-order valence-electron chi connectivity index (χ1n) is 5.69. The van der Waals surface area contributed by atoms with Gasteiger partial charge < -0.3 is 15.5 Å². The quantitative estimate of drug-likeness (QED) is 0.837. The second-order valence-electron chi connectivity index (χ2n) is 3.96. The molecule has 2 rings (SSSR count). The van der Waals surface area contributed by atoms with Crippen molar-refractivity contribution in [2.24, 2.45) is 5.73 Å². The summed E-state index contributed by atoms with van der Waals surface area (Å²) in [5.41, 5.74) is 6.64. The fraction of sp³-hybridized carbons (Fsp3) is 0.231. The van der Waals surface area contributed by atoms with E-state index in [-0.39, 0.29) is 24.8 Å². The SMILES string of the molecule is Cl.N[C@@H](Cc1cnc[nH]1)C(=O)COc1ccccc1. The van der Waals surface area contributed by atoms with Crippen molar-refractivity contribution in [3.05, 3.63) is 48.5 Å². The predicted molar refractivity (Wildman–Crippen MR) is 74.5 cm³/mol. The molecule has 0 radical (unpaired) electrons. The Labute approximate surface area is 117 Å². The number of H-pyrrole nitrogens is 1. The number of halogens is 1. The molecule has 1 heterocycles. The third-order valence-electron chi connectivity index (χ3n) is 2.53. The third-order valence-corrected chi connectivity index (χ3v) is 2.53. The number of para-hydroxylation sites is 1. The molecule has 0 fully saturated rings. The van der Waals surface area contributed by atoms with Crippen molar-refractivity contribution < 1.29 is 9.53 Å². The molecule has 1 atom stereocenters. The van der Waals surface area contributed by atoms with E-state index in [0.717, 1.165) is 5.69 Å². The number of nitrogens with zero attached hydrogens (tertiary/aromatic N) is 1. The molecule has 0 saturated carbocycles. The highest BCUT2D eigenvalue weighted by atomic mass is 35.5. The van der Waals surface area contributed by atoms with Gasteiger partial charge in [-0.3, -0.25) is 4.79 Å². The summed E-state index contributed by atoms with van der Waals surface area (Å²) in [4.78, 5) is 18.5. The molecule has 0 amide bonds. The molecule has 102 valence electrons. The fourth-order valence-corrected chi connectivity index (χ4v) is 1.53. The van der Waals surface area contributed by atoms with E-state index in [0.29, 0.717) is 12.2 Å². The van der Waals surface area contributed by atoms with Crippen molar-refractivity contribution in [2.45, 2.75) is 12.5 Å². The Hall–Kier alpha value is -1.85. The fourth-order valence-electron chi connectivity index (χ4n) is 1.53. The molecule has 1 aromatic carbocycles. The lowest BCUT2D eigenvalue weighted by Crippen LogP contribution is -2.36. The molecule has 3 N–H and O–H groups in total. The van der Waals surface area contributed by atoms with Gasteiger partial charge in [0.05, 0.1) is 12.4 Å². The number of Topliss-reactive ketones (excluding diaryl/α,β-unsaturated/α-hetero) is 1. The number of benzene rings is 1. The van der Waals surface area contributed by atoms with Crippen molar-refractivity contribution in [2.75, 3.05) is 6.61 Å². The largest absolute Gasteiger partial charge is 0.486 e. The minimum Gasteiger partial charge on any atom is -0.486 e. The van der Waals surface area contributed by atoms with Crippen molar-refractivity contribution in [3.63, 3.8) is 0 Å². The number of ether oxygens (including phenoxy) is 1. The summed E-state index contributed by atoms with van der Waals surface area (Å²) in [6.45, 7) is -0.0146. The molecule has 0 aliphatic heterocycles. The maximum Gasteiger partial charge on any atom is 0.187 e. The lowest BCUT2D eigenvalue weighted by atomic mass is 10.1. The van der Waals surface area contributed by atoms with Crippen LogP contribution in [0.2, 0.25) is 0 Å². The molecular formula is C13H16ClN3O2. The number of aromatic nitrogens is 2. The average Bonchev–Trinajstić information content (AvgIpc) is 2.90. The predicted octanol–water partition coefficient (Wildman–Crippen LogP) is 1.35. The number of aromatic amines is 1. The van der Waals surface area contributed by atoms with Crippen LogP contribution < -0.4 is 10.5 Å². The second-order valence-corrected chi connectivity index (χ2v) is 3.96. The Morgan fingerprint density at radius 1 is 1.37 bits per heavy atom. The van der Waals surface area contributed by atoms with Gasteiger partial charge in [0.2, 0.25) is 0 Å². The summed E-state index contributed by atoms with van der Waals surface area (Å²) in [5.74, 6) is 0.535. The molecule has 0 aliphatic rings. The number of ketones is 1.